The Morgan fingerprint density at radius 3 is 1.71 bits per heavy atom. The second-order valence-electron chi connectivity index (χ2n) is 9.86. The van der Waals surface area contributed by atoms with Gasteiger partial charge in [-0.1, -0.05) is 72.8 Å². The van der Waals surface area contributed by atoms with Crippen LogP contribution in [0.3, 0.4) is 0 Å². The van der Waals surface area contributed by atoms with E-state index in [-0.39, 0.29) is 25.6 Å². The Hall–Kier alpha value is -4.42. The minimum atomic E-state index is -0.520. The molecule has 1 aliphatic carbocycles. The molecule has 0 unspecified atom stereocenters. The molecule has 0 aromatic heterocycles. The summed E-state index contributed by atoms with van der Waals surface area (Å²) >= 11 is 0. The third-order valence-corrected chi connectivity index (χ3v) is 7.40. The fourth-order valence-electron chi connectivity index (χ4n) is 5.59. The molecule has 0 radical (unpaired) electrons. The number of hydrogen-bond acceptors (Lipinski definition) is 6. The molecule has 0 saturated heterocycles. The number of benzene rings is 4. The fourth-order valence-corrected chi connectivity index (χ4v) is 5.59. The van der Waals surface area contributed by atoms with Crippen LogP contribution in [0, 0.1) is 0 Å². The SMILES string of the molecule is COCCOc1ccc(C2(c3ccc(OCCOC(=O)CCCC=O)cc3)c3ccccc3-c3ccccc32)cc1. The highest BCUT2D eigenvalue weighted by molar-refractivity contribution is 5.86. The third-order valence-electron chi connectivity index (χ3n) is 7.40. The lowest BCUT2D eigenvalue weighted by molar-refractivity contribution is -0.144. The summed E-state index contributed by atoms with van der Waals surface area (Å²) in [7, 11) is 1.66. The van der Waals surface area contributed by atoms with Gasteiger partial charge in [0.1, 0.15) is 37.6 Å². The van der Waals surface area contributed by atoms with Crippen LogP contribution in [0.5, 0.6) is 11.5 Å². The van der Waals surface area contributed by atoms with Gasteiger partial charge in [-0.15, -0.1) is 0 Å². The van der Waals surface area contributed by atoms with Gasteiger partial charge in [0, 0.05) is 20.0 Å². The van der Waals surface area contributed by atoms with Crippen molar-refractivity contribution in [1.29, 1.82) is 0 Å². The maximum atomic E-state index is 11.8. The van der Waals surface area contributed by atoms with E-state index in [0.29, 0.717) is 31.8 Å². The van der Waals surface area contributed by atoms with Crippen molar-refractivity contribution in [1.82, 2.24) is 0 Å². The van der Waals surface area contributed by atoms with Gasteiger partial charge in [0.25, 0.3) is 0 Å². The standard InChI is InChI=1S/C35H34O6/c1-38-22-23-39-28-17-13-26(14-18-28)35(32-10-4-2-8-30(32)31-9-3-5-11-33(31)35)27-15-19-29(20-16-27)40-24-25-41-34(37)12-6-7-21-36/h2-5,8-11,13-21H,6-7,12,22-25H2,1H3. The van der Waals surface area contributed by atoms with E-state index in [1.165, 1.54) is 22.3 Å². The predicted octanol–water partition coefficient (Wildman–Crippen LogP) is 6.37. The summed E-state index contributed by atoms with van der Waals surface area (Å²) in [6, 6.07) is 33.7. The molecule has 0 saturated carbocycles. The van der Waals surface area contributed by atoms with Gasteiger partial charge < -0.3 is 23.7 Å². The summed E-state index contributed by atoms with van der Waals surface area (Å²) < 4.78 is 22.1. The van der Waals surface area contributed by atoms with Crippen LogP contribution < -0.4 is 9.47 Å². The van der Waals surface area contributed by atoms with E-state index in [1.807, 2.05) is 24.3 Å². The van der Waals surface area contributed by atoms with Crippen LogP contribution in [0.1, 0.15) is 41.5 Å². The van der Waals surface area contributed by atoms with Gasteiger partial charge in [-0.25, -0.2) is 0 Å². The van der Waals surface area contributed by atoms with E-state index in [4.69, 9.17) is 18.9 Å². The molecule has 6 heteroatoms. The Morgan fingerprint density at radius 2 is 1.20 bits per heavy atom. The molecular formula is C35H34O6. The van der Waals surface area contributed by atoms with E-state index < -0.39 is 5.41 Å². The predicted molar refractivity (Wildman–Crippen MR) is 157 cm³/mol. The van der Waals surface area contributed by atoms with Crippen molar-refractivity contribution in [2.45, 2.75) is 24.7 Å². The lowest BCUT2D eigenvalue weighted by Gasteiger charge is -2.34. The maximum absolute atomic E-state index is 11.8. The topological polar surface area (TPSA) is 71.1 Å². The monoisotopic (exact) mass is 550 g/mol. The number of fused-ring (bicyclic) bond motifs is 3. The average molecular weight is 551 g/mol. The first kappa shape index (κ1) is 28.1. The average Bonchev–Trinajstić information content (AvgIpc) is 3.31. The normalized spacial score (nSPS) is 12.7. The molecule has 41 heavy (non-hydrogen) atoms. The number of rotatable bonds is 14. The van der Waals surface area contributed by atoms with Crippen LogP contribution in [0.15, 0.2) is 97.1 Å². The van der Waals surface area contributed by atoms with E-state index in [0.717, 1.165) is 23.2 Å². The second kappa shape index (κ2) is 13.3. The lowest BCUT2D eigenvalue weighted by Crippen LogP contribution is -2.28. The molecule has 210 valence electrons. The van der Waals surface area contributed by atoms with E-state index in [1.54, 1.807) is 7.11 Å². The molecule has 0 fully saturated rings. The van der Waals surface area contributed by atoms with Crippen molar-refractivity contribution in [2.24, 2.45) is 0 Å². The molecule has 4 aromatic carbocycles. The van der Waals surface area contributed by atoms with Gasteiger partial charge in [0.05, 0.1) is 12.0 Å². The second-order valence-corrected chi connectivity index (χ2v) is 9.86. The lowest BCUT2D eigenvalue weighted by atomic mass is 9.68. The number of aldehydes is 1. The van der Waals surface area contributed by atoms with Crippen LogP contribution in [-0.2, 0) is 24.5 Å². The summed E-state index contributed by atoms with van der Waals surface area (Å²) in [6.45, 7) is 1.43. The molecule has 0 bridgehead atoms. The van der Waals surface area contributed by atoms with Crippen molar-refractivity contribution >= 4 is 12.3 Å². The van der Waals surface area contributed by atoms with Crippen molar-refractivity contribution < 1.29 is 28.5 Å². The van der Waals surface area contributed by atoms with E-state index in [2.05, 4.69) is 72.8 Å². The van der Waals surface area contributed by atoms with Crippen LogP contribution in [0.25, 0.3) is 11.1 Å². The molecular weight excluding hydrogens is 516 g/mol. The zero-order chi connectivity index (χ0) is 28.5. The zero-order valence-electron chi connectivity index (χ0n) is 23.2. The number of ether oxygens (including phenoxy) is 4. The van der Waals surface area contributed by atoms with Gasteiger partial charge >= 0.3 is 5.97 Å². The maximum Gasteiger partial charge on any atom is 0.305 e. The number of hydrogen-bond donors (Lipinski definition) is 0. The summed E-state index contributed by atoms with van der Waals surface area (Å²) in [6.07, 6.45) is 1.91. The minimum absolute atomic E-state index is 0.158. The van der Waals surface area contributed by atoms with Crippen molar-refractivity contribution in [2.75, 3.05) is 33.5 Å². The van der Waals surface area contributed by atoms with Crippen LogP contribution >= 0.6 is 0 Å². The fraction of sp³-hybridized carbons (Fsp3) is 0.257. The molecule has 0 spiro atoms. The highest BCUT2D eigenvalue weighted by Gasteiger charge is 2.45. The number of carbonyl (C=O) groups is 2. The Labute approximate surface area is 240 Å². The number of esters is 1. The quantitative estimate of drug-likeness (QED) is 0.0910. The van der Waals surface area contributed by atoms with Crippen molar-refractivity contribution in [3.63, 3.8) is 0 Å². The highest BCUT2D eigenvalue weighted by Crippen LogP contribution is 2.56. The Balaban J connectivity index is 1.43. The van der Waals surface area contributed by atoms with Crippen LogP contribution in [0.2, 0.25) is 0 Å². The summed E-state index contributed by atoms with van der Waals surface area (Å²) in [5.41, 5.74) is 6.64. The smallest absolute Gasteiger partial charge is 0.305 e. The first-order chi connectivity index (χ1) is 20.2. The first-order valence-electron chi connectivity index (χ1n) is 13.9. The molecule has 0 heterocycles. The van der Waals surface area contributed by atoms with Crippen molar-refractivity contribution in [3.05, 3.63) is 119 Å². The summed E-state index contributed by atoms with van der Waals surface area (Å²) in [5.74, 6) is 1.18. The molecule has 1 aliphatic rings. The van der Waals surface area contributed by atoms with Crippen LogP contribution in [-0.4, -0.2) is 45.8 Å². The van der Waals surface area contributed by atoms with Gasteiger partial charge in [-0.05, 0) is 64.1 Å². The molecule has 6 nitrogen and oxygen atoms in total. The molecule has 5 rings (SSSR count). The number of carbonyl (C=O) groups excluding carboxylic acids is 2. The van der Waals surface area contributed by atoms with Crippen LogP contribution in [0.4, 0.5) is 0 Å². The molecule has 0 atom stereocenters. The largest absolute Gasteiger partial charge is 0.491 e. The van der Waals surface area contributed by atoms with Gasteiger partial charge in [-0.2, -0.15) is 0 Å². The third kappa shape index (κ3) is 5.88. The molecule has 0 aliphatic heterocycles. The number of unbranched alkanes of at least 4 members (excludes halogenated alkanes) is 1. The Bertz CT molecular complexity index is 1410. The van der Waals surface area contributed by atoms with Gasteiger partial charge in [-0.3, -0.25) is 4.79 Å². The molecule has 4 aromatic rings. The minimum Gasteiger partial charge on any atom is -0.491 e. The number of methoxy groups -OCH3 is 1. The van der Waals surface area contributed by atoms with E-state index in [9.17, 15) is 9.59 Å². The van der Waals surface area contributed by atoms with E-state index >= 15 is 0 Å². The molecule has 0 amide bonds. The zero-order valence-corrected chi connectivity index (χ0v) is 23.2. The molecule has 0 N–H and O–H groups in total. The Morgan fingerprint density at radius 1 is 0.683 bits per heavy atom. The first-order valence-corrected chi connectivity index (χ1v) is 13.9. The van der Waals surface area contributed by atoms with Gasteiger partial charge in [0.2, 0.25) is 0 Å². The van der Waals surface area contributed by atoms with Crippen molar-refractivity contribution in [3.8, 4) is 22.6 Å². The summed E-state index contributed by atoms with van der Waals surface area (Å²) in [5, 5.41) is 0. The Kier molecular flexibility index (Phi) is 9.12. The van der Waals surface area contributed by atoms with Gasteiger partial charge in [0.15, 0.2) is 0 Å². The highest BCUT2D eigenvalue weighted by atomic mass is 16.6. The summed E-state index contributed by atoms with van der Waals surface area (Å²) in [4.78, 5) is 22.2.